The zero-order valence-electron chi connectivity index (χ0n) is 15.1. The molecule has 7 nitrogen and oxygen atoms in total. The molecule has 0 atom stereocenters. The maximum absolute atomic E-state index is 12.5. The number of carbonyl (C=O) groups excluding carboxylic acids is 1. The molecule has 1 aliphatic heterocycles. The minimum atomic E-state index is -0.218. The van der Waals surface area contributed by atoms with Crippen molar-refractivity contribution in [3.8, 4) is 11.5 Å². The third-order valence-electron chi connectivity index (χ3n) is 4.35. The molecule has 3 aromatic rings. The Morgan fingerprint density at radius 3 is 2.71 bits per heavy atom. The van der Waals surface area contributed by atoms with Crippen molar-refractivity contribution in [3.63, 3.8) is 0 Å². The normalized spacial score (nSPS) is 13.0. The quantitative estimate of drug-likeness (QED) is 0.714. The van der Waals surface area contributed by atoms with Gasteiger partial charge in [-0.3, -0.25) is 4.79 Å². The van der Waals surface area contributed by atoms with E-state index in [9.17, 15) is 4.79 Å². The number of hydrogen-bond donors (Lipinski definition) is 1. The fourth-order valence-electron chi connectivity index (χ4n) is 2.91. The van der Waals surface area contributed by atoms with E-state index >= 15 is 0 Å². The Hall–Kier alpha value is -3.06. The predicted molar refractivity (Wildman–Crippen MR) is 104 cm³/mol. The molecule has 0 spiro atoms. The van der Waals surface area contributed by atoms with E-state index in [1.54, 1.807) is 23.1 Å². The SMILES string of the molecule is O=C(NCc1ccc(Cn2cncn2)cc1)c1cc(Cl)c2c(c1)OCCCO2. The first-order chi connectivity index (χ1) is 13.7. The summed E-state index contributed by atoms with van der Waals surface area (Å²) in [5, 5.41) is 7.37. The van der Waals surface area contributed by atoms with Crippen LogP contribution in [0.25, 0.3) is 0 Å². The Morgan fingerprint density at radius 2 is 1.93 bits per heavy atom. The molecule has 1 aliphatic rings. The Balaban J connectivity index is 1.39. The van der Waals surface area contributed by atoms with Crippen LogP contribution in [0.4, 0.5) is 0 Å². The number of fused-ring (bicyclic) bond motifs is 1. The molecular formula is C20H19ClN4O3. The molecule has 1 aromatic heterocycles. The molecule has 0 unspecified atom stereocenters. The van der Waals surface area contributed by atoms with E-state index in [4.69, 9.17) is 21.1 Å². The van der Waals surface area contributed by atoms with E-state index in [1.807, 2.05) is 24.3 Å². The number of rotatable bonds is 5. The summed E-state index contributed by atoms with van der Waals surface area (Å²) in [5.41, 5.74) is 2.54. The fourth-order valence-corrected chi connectivity index (χ4v) is 3.18. The number of amides is 1. The Morgan fingerprint density at radius 1 is 1.14 bits per heavy atom. The smallest absolute Gasteiger partial charge is 0.251 e. The Labute approximate surface area is 167 Å². The van der Waals surface area contributed by atoms with Crippen molar-refractivity contribution in [2.75, 3.05) is 13.2 Å². The number of ether oxygens (including phenoxy) is 2. The van der Waals surface area contributed by atoms with Crippen molar-refractivity contribution in [3.05, 3.63) is 70.8 Å². The monoisotopic (exact) mass is 398 g/mol. The molecule has 0 radical (unpaired) electrons. The predicted octanol–water partition coefficient (Wildman–Crippen LogP) is 3.07. The largest absolute Gasteiger partial charge is 0.489 e. The van der Waals surface area contributed by atoms with Crippen molar-refractivity contribution in [1.82, 2.24) is 20.1 Å². The van der Waals surface area contributed by atoms with Crippen LogP contribution in [0.1, 0.15) is 27.9 Å². The summed E-state index contributed by atoms with van der Waals surface area (Å²) < 4.78 is 13.0. The maximum Gasteiger partial charge on any atom is 0.251 e. The number of nitrogens with one attached hydrogen (secondary N) is 1. The first kappa shape index (κ1) is 18.3. The summed E-state index contributed by atoms with van der Waals surface area (Å²) in [4.78, 5) is 16.5. The van der Waals surface area contributed by atoms with Crippen LogP contribution < -0.4 is 14.8 Å². The van der Waals surface area contributed by atoms with E-state index in [1.165, 1.54) is 6.33 Å². The van der Waals surface area contributed by atoms with Gasteiger partial charge in [-0.2, -0.15) is 5.10 Å². The van der Waals surface area contributed by atoms with Crippen molar-refractivity contribution in [2.45, 2.75) is 19.5 Å². The second-order valence-electron chi connectivity index (χ2n) is 6.43. The lowest BCUT2D eigenvalue weighted by Crippen LogP contribution is -2.22. The molecule has 1 amide bonds. The second-order valence-corrected chi connectivity index (χ2v) is 6.84. The molecule has 28 heavy (non-hydrogen) atoms. The average Bonchev–Trinajstić information content (AvgIpc) is 3.09. The molecule has 144 valence electrons. The number of aromatic nitrogens is 3. The van der Waals surface area contributed by atoms with Crippen molar-refractivity contribution in [2.24, 2.45) is 0 Å². The highest BCUT2D eigenvalue weighted by Crippen LogP contribution is 2.37. The molecule has 0 bridgehead atoms. The molecule has 0 saturated heterocycles. The fraction of sp³-hybridized carbons (Fsp3) is 0.250. The van der Waals surface area contributed by atoms with E-state index in [-0.39, 0.29) is 5.91 Å². The van der Waals surface area contributed by atoms with Crippen LogP contribution in [0.3, 0.4) is 0 Å². The molecule has 2 heterocycles. The second kappa shape index (κ2) is 8.31. The molecule has 0 fully saturated rings. The summed E-state index contributed by atoms with van der Waals surface area (Å²) in [6.07, 6.45) is 3.96. The highest BCUT2D eigenvalue weighted by molar-refractivity contribution is 6.32. The maximum atomic E-state index is 12.5. The van der Waals surface area contributed by atoms with Crippen LogP contribution in [-0.4, -0.2) is 33.9 Å². The minimum Gasteiger partial charge on any atom is -0.489 e. The summed E-state index contributed by atoms with van der Waals surface area (Å²) >= 11 is 6.26. The lowest BCUT2D eigenvalue weighted by molar-refractivity contribution is 0.0950. The average molecular weight is 399 g/mol. The highest BCUT2D eigenvalue weighted by atomic mass is 35.5. The summed E-state index contributed by atoms with van der Waals surface area (Å²) in [6, 6.07) is 11.2. The Bertz CT molecular complexity index is 958. The highest BCUT2D eigenvalue weighted by Gasteiger charge is 2.18. The third kappa shape index (κ3) is 4.26. The first-order valence-corrected chi connectivity index (χ1v) is 9.34. The molecule has 0 aliphatic carbocycles. The lowest BCUT2D eigenvalue weighted by Gasteiger charge is -2.12. The molecular weight excluding hydrogens is 380 g/mol. The third-order valence-corrected chi connectivity index (χ3v) is 4.63. The van der Waals surface area contributed by atoms with Crippen LogP contribution in [0.15, 0.2) is 49.1 Å². The van der Waals surface area contributed by atoms with Gasteiger partial charge in [0, 0.05) is 18.5 Å². The molecule has 2 aromatic carbocycles. The first-order valence-electron chi connectivity index (χ1n) is 8.96. The van der Waals surface area contributed by atoms with Crippen molar-refractivity contribution >= 4 is 17.5 Å². The van der Waals surface area contributed by atoms with Crippen LogP contribution in [0.2, 0.25) is 5.02 Å². The van der Waals surface area contributed by atoms with Crippen LogP contribution in [-0.2, 0) is 13.1 Å². The zero-order valence-corrected chi connectivity index (χ0v) is 15.9. The minimum absolute atomic E-state index is 0.218. The standard InChI is InChI=1S/C20H19ClN4O3/c21-17-8-16(9-18-19(17)28-7-1-6-27-18)20(26)23-10-14-2-4-15(5-3-14)11-25-13-22-12-24-25/h2-5,8-9,12-13H,1,6-7,10-11H2,(H,23,26). The van der Waals surface area contributed by atoms with Gasteiger partial charge in [-0.25, -0.2) is 9.67 Å². The summed E-state index contributed by atoms with van der Waals surface area (Å²) in [7, 11) is 0. The van der Waals surface area contributed by atoms with Gasteiger partial charge in [0.25, 0.3) is 5.91 Å². The van der Waals surface area contributed by atoms with Gasteiger partial charge in [0.05, 0.1) is 24.8 Å². The van der Waals surface area contributed by atoms with Crippen LogP contribution >= 0.6 is 11.6 Å². The van der Waals surface area contributed by atoms with E-state index in [0.717, 1.165) is 17.5 Å². The number of carbonyl (C=O) groups is 1. The van der Waals surface area contributed by atoms with Gasteiger partial charge in [-0.1, -0.05) is 35.9 Å². The van der Waals surface area contributed by atoms with Gasteiger partial charge in [-0.15, -0.1) is 0 Å². The van der Waals surface area contributed by atoms with Crippen LogP contribution in [0.5, 0.6) is 11.5 Å². The van der Waals surface area contributed by atoms with Crippen molar-refractivity contribution < 1.29 is 14.3 Å². The molecule has 1 N–H and O–H groups in total. The van der Waals surface area contributed by atoms with E-state index in [2.05, 4.69) is 15.4 Å². The zero-order chi connectivity index (χ0) is 19.3. The van der Waals surface area contributed by atoms with Gasteiger partial charge < -0.3 is 14.8 Å². The lowest BCUT2D eigenvalue weighted by atomic mass is 10.1. The number of benzene rings is 2. The molecule has 8 heteroatoms. The summed E-state index contributed by atoms with van der Waals surface area (Å²) in [6.45, 7) is 2.15. The van der Waals surface area contributed by atoms with E-state index in [0.29, 0.717) is 48.4 Å². The van der Waals surface area contributed by atoms with Gasteiger partial charge in [0.15, 0.2) is 11.5 Å². The topological polar surface area (TPSA) is 78.3 Å². The Kier molecular flexibility index (Phi) is 5.43. The number of nitrogens with zero attached hydrogens (tertiary/aromatic N) is 3. The molecule has 0 saturated carbocycles. The van der Waals surface area contributed by atoms with Crippen molar-refractivity contribution in [1.29, 1.82) is 0 Å². The number of halogens is 1. The van der Waals surface area contributed by atoms with Gasteiger partial charge in [-0.05, 0) is 23.3 Å². The van der Waals surface area contributed by atoms with Gasteiger partial charge in [0.2, 0.25) is 0 Å². The van der Waals surface area contributed by atoms with Gasteiger partial charge in [0.1, 0.15) is 12.7 Å². The number of hydrogen-bond acceptors (Lipinski definition) is 5. The molecule has 4 rings (SSSR count). The van der Waals surface area contributed by atoms with Crippen LogP contribution in [0, 0.1) is 0 Å². The van der Waals surface area contributed by atoms with E-state index < -0.39 is 0 Å². The summed E-state index contributed by atoms with van der Waals surface area (Å²) in [5.74, 6) is 0.788. The van der Waals surface area contributed by atoms with Gasteiger partial charge >= 0.3 is 0 Å².